The molecule has 2 aliphatic rings. The Labute approximate surface area is 193 Å². The fourth-order valence-electron chi connectivity index (χ4n) is 4.04. The smallest absolute Gasteiger partial charge is 0.152 e. The van der Waals surface area contributed by atoms with Gasteiger partial charge in [0, 0.05) is 18.5 Å². The SMILES string of the molecule is CC(C)(C)C1=PC2(C(C)(C)C)P(C(C(C)(C)C)=P1)P2N(c1ccccc1)[Si](C)(C)C. The van der Waals surface area contributed by atoms with Crippen molar-refractivity contribution in [3.8, 4) is 0 Å². The van der Waals surface area contributed by atoms with Gasteiger partial charge in [-0.15, -0.1) is 0 Å². The zero-order valence-electron chi connectivity index (χ0n) is 21.1. The average Bonchev–Trinajstić information content (AvgIpc) is 3.22. The van der Waals surface area contributed by atoms with Crippen molar-refractivity contribution in [2.24, 2.45) is 16.2 Å². The van der Waals surface area contributed by atoms with Gasteiger partial charge in [0.15, 0.2) is 8.24 Å². The molecule has 0 saturated carbocycles. The summed E-state index contributed by atoms with van der Waals surface area (Å²) in [6.45, 7) is 30.0. The molecule has 3 rings (SSSR count). The van der Waals surface area contributed by atoms with E-state index < -0.39 is 8.24 Å². The molecule has 0 spiro atoms. The molecule has 1 saturated heterocycles. The van der Waals surface area contributed by atoms with Gasteiger partial charge in [0.2, 0.25) is 0 Å². The minimum Gasteiger partial charge on any atom is -0.373 e. The molecule has 0 bridgehead atoms. The predicted molar refractivity (Wildman–Crippen MR) is 151 cm³/mol. The molecule has 0 radical (unpaired) electrons. The molecule has 0 aromatic heterocycles. The Balaban J connectivity index is 2.29. The van der Waals surface area contributed by atoms with Crippen LogP contribution in [-0.2, 0) is 0 Å². The van der Waals surface area contributed by atoms with Crippen LogP contribution in [0.3, 0.4) is 0 Å². The third kappa shape index (κ3) is 4.31. The van der Waals surface area contributed by atoms with Crippen LogP contribution in [0.15, 0.2) is 30.3 Å². The van der Waals surface area contributed by atoms with Crippen molar-refractivity contribution < 1.29 is 0 Å². The quantitative estimate of drug-likeness (QED) is 0.298. The van der Waals surface area contributed by atoms with E-state index in [1.54, 1.807) is 21.4 Å². The van der Waals surface area contributed by atoms with Crippen molar-refractivity contribution in [2.45, 2.75) is 86.6 Å². The van der Waals surface area contributed by atoms with Crippen molar-refractivity contribution in [3.05, 3.63) is 30.3 Å². The van der Waals surface area contributed by atoms with E-state index in [-0.39, 0.29) is 26.2 Å². The number of benzene rings is 1. The summed E-state index contributed by atoms with van der Waals surface area (Å²) in [5, 5.41) is 3.61. The second-order valence-corrected chi connectivity index (χ2v) is 27.8. The lowest BCUT2D eigenvalue weighted by Crippen LogP contribution is -2.42. The van der Waals surface area contributed by atoms with Crippen LogP contribution in [0.4, 0.5) is 5.69 Å². The first kappa shape index (κ1) is 25.1. The molecular formula is C24H41NP4Si. The lowest BCUT2D eigenvalue weighted by atomic mass is 9.99. The van der Waals surface area contributed by atoms with Crippen molar-refractivity contribution in [1.82, 2.24) is 0 Å². The largest absolute Gasteiger partial charge is 0.373 e. The predicted octanol–water partition coefficient (Wildman–Crippen LogP) is 10.1. The lowest BCUT2D eigenvalue weighted by Gasteiger charge is -2.40. The van der Waals surface area contributed by atoms with Crippen LogP contribution in [-0.4, -0.2) is 22.9 Å². The topological polar surface area (TPSA) is 3.24 Å². The Morgan fingerprint density at radius 2 is 1.37 bits per heavy atom. The van der Waals surface area contributed by atoms with Gasteiger partial charge in [-0.2, -0.15) is 0 Å². The molecule has 166 valence electrons. The number of rotatable bonds is 3. The second-order valence-electron chi connectivity index (χ2n) is 12.7. The molecule has 0 amide bonds. The van der Waals surface area contributed by atoms with Gasteiger partial charge in [0.1, 0.15) is 0 Å². The summed E-state index contributed by atoms with van der Waals surface area (Å²) in [6, 6.07) is 11.4. The van der Waals surface area contributed by atoms with E-state index >= 15 is 0 Å². The van der Waals surface area contributed by atoms with Crippen LogP contribution in [0.25, 0.3) is 0 Å². The van der Waals surface area contributed by atoms with Gasteiger partial charge >= 0.3 is 0 Å². The standard InChI is InChI=1S/C24H41NP4Si/c1-21(2,3)19-26-20(22(4,5)6)28-24(27-19,23(7,8)9)29(28)25(30(10,11)12)18-16-14-13-15-17-18/h13-17H,1-12H3. The van der Waals surface area contributed by atoms with Gasteiger partial charge in [0.05, 0.1) is 4.64 Å². The van der Waals surface area contributed by atoms with Crippen LogP contribution in [0.5, 0.6) is 0 Å². The first-order valence-electron chi connectivity index (χ1n) is 11.1. The monoisotopic (exact) mass is 495 g/mol. The van der Waals surface area contributed by atoms with Gasteiger partial charge in [-0.25, -0.2) is 0 Å². The molecule has 1 aromatic carbocycles. The molecule has 0 N–H and O–H groups in total. The van der Waals surface area contributed by atoms with Gasteiger partial charge in [-0.1, -0.05) is 117 Å². The lowest BCUT2D eigenvalue weighted by molar-refractivity contribution is 0.440. The summed E-state index contributed by atoms with van der Waals surface area (Å²) >= 11 is 0. The molecule has 3 atom stereocenters. The maximum Gasteiger partial charge on any atom is 0.152 e. The van der Waals surface area contributed by atoms with Crippen molar-refractivity contribution in [1.29, 1.82) is 0 Å². The van der Waals surface area contributed by atoms with Gasteiger partial charge < -0.3 is 4.34 Å². The Kier molecular flexibility index (Phi) is 6.47. The van der Waals surface area contributed by atoms with E-state index in [9.17, 15) is 0 Å². The normalized spacial score (nSPS) is 28.3. The fourth-order valence-corrected chi connectivity index (χ4v) is 31.7. The Bertz CT molecular complexity index is 866. The number of fused-ring (bicyclic) bond motifs is 1. The second kappa shape index (κ2) is 7.75. The van der Waals surface area contributed by atoms with E-state index in [2.05, 4.69) is 117 Å². The molecule has 2 aliphatic heterocycles. The summed E-state index contributed by atoms with van der Waals surface area (Å²) in [6.07, 6.45) is 0. The minimum absolute atomic E-state index is 0.117. The molecule has 6 heteroatoms. The highest BCUT2D eigenvalue weighted by atomic mass is 32.1. The summed E-state index contributed by atoms with van der Waals surface area (Å²) < 4.78 is 3.42. The molecular weight excluding hydrogens is 454 g/mol. The highest BCUT2D eigenvalue weighted by Gasteiger charge is 2.76. The van der Waals surface area contributed by atoms with Gasteiger partial charge in [0.25, 0.3) is 0 Å². The Hall–Kier alpha value is 0.437. The maximum atomic E-state index is 3.00. The van der Waals surface area contributed by atoms with Gasteiger partial charge in [-0.05, 0) is 41.0 Å². The number of hydrogen-bond acceptors (Lipinski definition) is 1. The minimum atomic E-state index is -1.55. The van der Waals surface area contributed by atoms with E-state index in [1.807, 2.05) is 5.03 Å². The summed E-state index contributed by atoms with van der Waals surface area (Å²) in [5.41, 5.74) is 2.32. The first-order valence-corrected chi connectivity index (χ1v) is 19.7. The van der Waals surface area contributed by atoms with Crippen LogP contribution < -0.4 is 4.34 Å². The molecule has 1 fully saturated rings. The molecule has 1 aromatic rings. The molecule has 1 nitrogen and oxygen atoms in total. The highest BCUT2D eigenvalue weighted by molar-refractivity contribution is 8.60. The molecule has 2 heterocycles. The van der Waals surface area contributed by atoms with Gasteiger partial charge in [-0.3, -0.25) is 0 Å². The van der Waals surface area contributed by atoms with Crippen LogP contribution in [0, 0.1) is 16.2 Å². The molecule has 0 aliphatic carbocycles. The van der Waals surface area contributed by atoms with E-state index in [0.29, 0.717) is 10.1 Å². The number of anilines is 1. The number of hydrogen-bond donors (Lipinski definition) is 0. The molecule has 30 heavy (non-hydrogen) atoms. The van der Waals surface area contributed by atoms with E-state index in [1.165, 1.54) is 5.69 Å². The summed E-state index contributed by atoms with van der Waals surface area (Å²) in [7, 11) is 1.34. The van der Waals surface area contributed by atoms with Crippen LogP contribution in [0.1, 0.15) is 62.3 Å². The summed E-state index contributed by atoms with van der Waals surface area (Å²) in [5.74, 6) is 0. The maximum absolute atomic E-state index is 3.00. The third-order valence-corrected chi connectivity index (χ3v) is 27.1. The number of para-hydroxylation sites is 1. The highest BCUT2D eigenvalue weighted by Crippen LogP contribution is 3.11. The zero-order valence-corrected chi connectivity index (χ0v) is 25.7. The average molecular weight is 496 g/mol. The molecule has 3 unspecified atom stereocenters. The first-order chi connectivity index (χ1) is 13.4. The van der Waals surface area contributed by atoms with Crippen molar-refractivity contribution in [2.75, 3.05) is 4.34 Å². The Morgan fingerprint density at radius 3 is 1.77 bits per heavy atom. The zero-order chi connectivity index (χ0) is 22.9. The van der Waals surface area contributed by atoms with Crippen LogP contribution in [0.2, 0.25) is 19.6 Å². The fraction of sp³-hybridized carbons (Fsp3) is 0.667. The summed E-state index contributed by atoms with van der Waals surface area (Å²) in [4.78, 5) is 0. The van der Waals surface area contributed by atoms with Crippen LogP contribution >= 0.6 is 31.8 Å². The van der Waals surface area contributed by atoms with Crippen molar-refractivity contribution in [3.63, 3.8) is 0 Å². The van der Waals surface area contributed by atoms with E-state index in [4.69, 9.17) is 0 Å². The number of nitrogens with zero attached hydrogens (tertiary/aromatic N) is 1. The van der Waals surface area contributed by atoms with E-state index in [0.717, 1.165) is 0 Å². The third-order valence-electron chi connectivity index (χ3n) is 5.57. The van der Waals surface area contributed by atoms with Crippen molar-refractivity contribution >= 4 is 55.8 Å². The Morgan fingerprint density at radius 1 is 0.833 bits per heavy atom.